The van der Waals surface area contributed by atoms with Gasteiger partial charge in [-0.2, -0.15) is 5.26 Å². The molecule has 1 unspecified atom stereocenters. The van der Waals surface area contributed by atoms with E-state index < -0.39 is 0 Å². The van der Waals surface area contributed by atoms with E-state index in [1.807, 2.05) is 13.0 Å². The van der Waals surface area contributed by atoms with Crippen molar-refractivity contribution in [1.29, 1.82) is 5.26 Å². The summed E-state index contributed by atoms with van der Waals surface area (Å²) in [6.45, 7) is 3.45. The molecule has 0 aromatic carbocycles. The minimum atomic E-state index is -0.325. The first-order valence-corrected chi connectivity index (χ1v) is 3.23. The van der Waals surface area contributed by atoms with Crippen molar-refractivity contribution in [3.05, 3.63) is 0 Å². The Kier molecular flexibility index (Phi) is 4.30. The molecule has 10 heavy (non-hydrogen) atoms. The van der Waals surface area contributed by atoms with Crippen molar-refractivity contribution in [3.63, 3.8) is 0 Å². The summed E-state index contributed by atoms with van der Waals surface area (Å²) in [5.41, 5.74) is 0. The van der Waals surface area contributed by atoms with Gasteiger partial charge in [0.1, 0.15) is 6.61 Å². The number of esters is 1. The zero-order chi connectivity index (χ0) is 7.98. The van der Waals surface area contributed by atoms with Gasteiger partial charge in [-0.3, -0.25) is 4.79 Å². The Labute approximate surface area is 60.6 Å². The highest BCUT2D eigenvalue weighted by molar-refractivity contribution is 5.65. The minimum Gasteiger partial charge on any atom is -0.464 e. The van der Waals surface area contributed by atoms with Crippen molar-refractivity contribution in [3.8, 4) is 6.07 Å². The summed E-state index contributed by atoms with van der Waals surface area (Å²) in [6.07, 6.45) is 0.726. The second-order valence-electron chi connectivity index (χ2n) is 2.04. The fraction of sp³-hybridized carbons (Fsp3) is 0.714. The van der Waals surface area contributed by atoms with Crippen LogP contribution in [0.5, 0.6) is 0 Å². The van der Waals surface area contributed by atoms with Crippen LogP contribution < -0.4 is 0 Å². The molecule has 0 aromatic rings. The third-order valence-corrected chi connectivity index (χ3v) is 1.16. The van der Waals surface area contributed by atoms with Crippen LogP contribution in [0, 0.1) is 17.2 Å². The molecule has 0 saturated carbocycles. The van der Waals surface area contributed by atoms with Crippen molar-refractivity contribution in [2.45, 2.75) is 20.3 Å². The van der Waals surface area contributed by atoms with Crippen LogP contribution in [0.3, 0.4) is 0 Å². The van der Waals surface area contributed by atoms with Crippen molar-refractivity contribution < 1.29 is 9.53 Å². The first-order chi connectivity index (χ1) is 4.70. The van der Waals surface area contributed by atoms with E-state index in [1.54, 1.807) is 0 Å². The normalized spacial score (nSPS) is 11.7. The van der Waals surface area contributed by atoms with Crippen LogP contribution in [-0.2, 0) is 9.53 Å². The highest BCUT2D eigenvalue weighted by atomic mass is 16.5. The lowest BCUT2D eigenvalue weighted by Crippen LogP contribution is -2.09. The van der Waals surface area contributed by atoms with Gasteiger partial charge in [0.25, 0.3) is 0 Å². The predicted octanol–water partition coefficient (Wildman–Crippen LogP) is 1.10. The van der Waals surface area contributed by atoms with Gasteiger partial charge in [0, 0.05) is 6.92 Å². The molecule has 56 valence electrons. The van der Waals surface area contributed by atoms with E-state index in [2.05, 4.69) is 4.74 Å². The number of hydrogen-bond acceptors (Lipinski definition) is 3. The van der Waals surface area contributed by atoms with E-state index in [1.165, 1.54) is 6.92 Å². The zero-order valence-corrected chi connectivity index (χ0v) is 6.26. The number of carbonyl (C=O) groups is 1. The molecule has 0 bridgehead atoms. The SMILES string of the molecule is CCC(C#N)COC(C)=O. The standard InChI is InChI=1S/C7H11NO2/c1-3-7(4-8)5-10-6(2)9/h7H,3,5H2,1-2H3. The van der Waals surface area contributed by atoms with Gasteiger partial charge in [0.15, 0.2) is 0 Å². The smallest absolute Gasteiger partial charge is 0.302 e. The molecule has 0 N–H and O–H groups in total. The third-order valence-electron chi connectivity index (χ3n) is 1.16. The summed E-state index contributed by atoms with van der Waals surface area (Å²) in [5.74, 6) is -0.474. The predicted molar refractivity (Wildman–Crippen MR) is 36.0 cm³/mol. The van der Waals surface area contributed by atoms with Crippen molar-refractivity contribution >= 4 is 5.97 Å². The first-order valence-electron chi connectivity index (χ1n) is 3.23. The fourth-order valence-corrected chi connectivity index (χ4v) is 0.464. The van der Waals surface area contributed by atoms with Gasteiger partial charge in [-0.1, -0.05) is 6.92 Å². The molecular weight excluding hydrogens is 130 g/mol. The summed E-state index contributed by atoms with van der Waals surface area (Å²) >= 11 is 0. The molecule has 0 aliphatic heterocycles. The van der Waals surface area contributed by atoms with Gasteiger partial charge in [-0.05, 0) is 6.42 Å². The van der Waals surface area contributed by atoms with Crippen molar-refractivity contribution in [1.82, 2.24) is 0 Å². The van der Waals surface area contributed by atoms with Crippen molar-refractivity contribution in [2.75, 3.05) is 6.61 Å². The number of nitrogens with zero attached hydrogens (tertiary/aromatic N) is 1. The minimum absolute atomic E-state index is 0.149. The molecule has 1 atom stereocenters. The summed E-state index contributed by atoms with van der Waals surface area (Å²) in [4.78, 5) is 10.2. The van der Waals surface area contributed by atoms with Crippen LogP contribution in [0.4, 0.5) is 0 Å². The molecule has 0 aliphatic carbocycles. The molecular formula is C7H11NO2. The van der Waals surface area contributed by atoms with Crippen molar-refractivity contribution in [2.24, 2.45) is 5.92 Å². The second-order valence-corrected chi connectivity index (χ2v) is 2.04. The van der Waals surface area contributed by atoms with E-state index in [4.69, 9.17) is 5.26 Å². The first kappa shape index (κ1) is 8.96. The lowest BCUT2D eigenvalue weighted by molar-refractivity contribution is -0.141. The molecule has 0 spiro atoms. The van der Waals surface area contributed by atoms with Crippen LogP contribution in [0.2, 0.25) is 0 Å². The maximum Gasteiger partial charge on any atom is 0.302 e. The maximum absolute atomic E-state index is 10.2. The summed E-state index contributed by atoms with van der Waals surface area (Å²) < 4.78 is 4.62. The Morgan fingerprint density at radius 3 is 2.70 bits per heavy atom. The molecule has 0 saturated heterocycles. The largest absolute Gasteiger partial charge is 0.464 e. The number of ether oxygens (including phenoxy) is 1. The van der Waals surface area contributed by atoms with Gasteiger partial charge in [-0.25, -0.2) is 0 Å². The molecule has 3 heteroatoms. The Hall–Kier alpha value is -1.04. The number of nitriles is 1. The van der Waals surface area contributed by atoms with Crippen LogP contribution in [0.1, 0.15) is 20.3 Å². The van der Waals surface area contributed by atoms with Gasteiger partial charge >= 0.3 is 5.97 Å². The highest BCUT2D eigenvalue weighted by Crippen LogP contribution is 2.00. The molecule has 0 fully saturated rings. The molecule has 0 aliphatic rings. The zero-order valence-electron chi connectivity index (χ0n) is 6.26. The Bertz CT molecular complexity index is 148. The average Bonchev–Trinajstić information content (AvgIpc) is 1.90. The molecule has 3 nitrogen and oxygen atoms in total. The molecule has 0 aromatic heterocycles. The summed E-state index contributed by atoms with van der Waals surface area (Å²) in [5, 5.41) is 8.40. The van der Waals surface area contributed by atoms with Gasteiger partial charge in [-0.15, -0.1) is 0 Å². The summed E-state index contributed by atoms with van der Waals surface area (Å²) in [7, 11) is 0. The number of hydrogen-bond donors (Lipinski definition) is 0. The van der Waals surface area contributed by atoms with Gasteiger partial charge < -0.3 is 4.74 Å². The van der Waals surface area contributed by atoms with E-state index in [-0.39, 0.29) is 18.5 Å². The van der Waals surface area contributed by atoms with E-state index in [0.717, 1.165) is 6.42 Å². The molecule has 0 rings (SSSR count). The Morgan fingerprint density at radius 2 is 2.40 bits per heavy atom. The number of carbonyl (C=O) groups excluding carboxylic acids is 1. The Morgan fingerprint density at radius 1 is 1.80 bits per heavy atom. The molecule has 0 heterocycles. The van der Waals surface area contributed by atoms with Crippen LogP contribution >= 0.6 is 0 Å². The monoisotopic (exact) mass is 141 g/mol. The van der Waals surface area contributed by atoms with Gasteiger partial charge in [0.05, 0.1) is 12.0 Å². The molecule has 0 radical (unpaired) electrons. The van der Waals surface area contributed by atoms with E-state index in [9.17, 15) is 4.79 Å². The van der Waals surface area contributed by atoms with Crippen LogP contribution in [0.25, 0.3) is 0 Å². The Balaban J connectivity index is 3.47. The highest BCUT2D eigenvalue weighted by Gasteiger charge is 2.04. The lowest BCUT2D eigenvalue weighted by atomic mass is 10.1. The average molecular weight is 141 g/mol. The van der Waals surface area contributed by atoms with Crippen LogP contribution in [-0.4, -0.2) is 12.6 Å². The fourth-order valence-electron chi connectivity index (χ4n) is 0.464. The van der Waals surface area contributed by atoms with E-state index >= 15 is 0 Å². The second kappa shape index (κ2) is 4.80. The van der Waals surface area contributed by atoms with Crippen LogP contribution in [0.15, 0.2) is 0 Å². The number of rotatable bonds is 3. The summed E-state index contributed by atoms with van der Waals surface area (Å²) in [6, 6.07) is 2.03. The molecule has 0 amide bonds. The topological polar surface area (TPSA) is 50.1 Å². The van der Waals surface area contributed by atoms with Gasteiger partial charge in [0.2, 0.25) is 0 Å². The van der Waals surface area contributed by atoms with E-state index in [0.29, 0.717) is 0 Å². The maximum atomic E-state index is 10.2. The lowest BCUT2D eigenvalue weighted by Gasteiger charge is -2.04. The third kappa shape index (κ3) is 3.90. The quantitative estimate of drug-likeness (QED) is 0.553.